The number of hydrogen-bond acceptors (Lipinski definition) is 3. The van der Waals surface area contributed by atoms with E-state index in [9.17, 15) is 4.79 Å². The first-order chi connectivity index (χ1) is 12.6. The zero-order valence-electron chi connectivity index (χ0n) is 15.0. The van der Waals surface area contributed by atoms with Crippen LogP contribution in [0.2, 0.25) is 0 Å². The van der Waals surface area contributed by atoms with Gasteiger partial charge >= 0.3 is 0 Å². The first-order valence-corrected chi connectivity index (χ1v) is 8.96. The number of rotatable bonds is 5. The third-order valence-corrected chi connectivity index (χ3v) is 4.94. The Balaban J connectivity index is 1.53. The number of H-pyrrole nitrogens is 1. The van der Waals surface area contributed by atoms with Gasteiger partial charge < -0.3 is 20.4 Å². The third kappa shape index (κ3) is 3.18. The highest BCUT2D eigenvalue weighted by Crippen LogP contribution is 2.25. The number of hydrogen-bond donors (Lipinski definition) is 3. The maximum Gasteiger partial charge on any atom is 0.252 e. The van der Waals surface area contributed by atoms with E-state index in [1.165, 1.54) is 0 Å². The lowest BCUT2D eigenvalue weighted by molar-refractivity contribution is 0.0937. The number of carbonyl (C=O) groups excluding carboxylic acids is 1. The zero-order chi connectivity index (χ0) is 18.1. The van der Waals surface area contributed by atoms with Crippen molar-refractivity contribution < 1.29 is 9.53 Å². The van der Waals surface area contributed by atoms with Gasteiger partial charge in [0, 0.05) is 35.8 Å². The maximum absolute atomic E-state index is 12.9. The summed E-state index contributed by atoms with van der Waals surface area (Å²) in [5.74, 6) is 0.660. The molecule has 1 aliphatic heterocycles. The molecule has 4 rings (SSSR count). The molecule has 3 N–H and O–H groups in total. The number of aryl methyl sites for hydroxylation is 1. The number of fused-ring (bicyclic) bond motifs is 1. The van der Waals surface area contributed by atoms with Gasteiger partial charge in [-0.25, -0.2) is 0 Å². The Kier molecular flexibility index (Phi) is 4.39. The van der Waals surface area contributed by atoms with Crippen LogP contribution in [0.15, 0.2) is 48.7 Å². The summed E-state index contributed by atoms with van der Waals surface area (Å²) in [5.41, 5.74) is 3.77. The smallest absolute Gasteiger partial charge is 0.252 e. The SMILES string of the molecule is Cc1ccc(OC2CNC2)cc1C(=O)NC(C)c1cccc2[nH]ccc12. The van der Waals surface area contributed by atoms with Gasteiger partial charge in [-0.1, -0.05) is 18.2 Å². The fourth-order valence-electron chi connectivity index (χ4n) is 3.30. The third-order valence-electron chi connectivity index (χ3n) is 4.94. The minimum absolute atomic E-state index is 0.0836. The van der Waals surface area contributed by atoms with E-state index in [0.29, 0.717) is 5.56 Å². The Morgan fingerprint density at radius 1 is 1.23 bits per heavy atom. The Bertz CT molecular complexity index is 943. The fourth-order valence-corrected chi connectivity index (χ4v) is 3.30. The van der Waals surface area contributed by atoms with E-state index in [0.717, 1.165) is 40.9 Å². The average Bonchev–Trinajstić information content (AvgIpc) is 3.07. The van der Waals surface area contributed by atoms with Crippen LogP contribution in [0.4, 0.5) is 0 Å². The molecular weight excluding hydrogens is 326 g/mol. The zero-order valence-corrected chi connectivity index (χ0v) is 15.0. The molecule has 1 atom stereocenters. The molecule has 0 radical (unpaired) electrons. The second-order valence-electron chi connectivity index (χ2n) is 6.86. The van der Waals surface area contributed by atoms with E-state index in [-0.39, 0.29) is 18.1 Å². The van der Waals surface area contributed by atoms with Crippen molar-refractivity contribution in [1.29, 1.82) is 0 Å². The molecule has 1 unspecified atom stereocenters. The van der Waals surface area contributed by atoms with Gasteiger partial charge in [-0.15, -0.1) is 0 Å². The van der Waals surface area contributed by atoms with Crippen LogP contribution in [-0.4, -0.2) is 30.1 Å². The largest absolute Gasteiger partial charge is 0.488 e. The van der Waals surface area contributed by atoms with E-state index in [4.69, 9.17) is 4.74 Å². The predicted molar refractivity (Wildman–Crippen MR) is 103 cm³/mol. The van der Waals surface area contributed by atoms with E-state index >= 15 is 0 Å². The first kappa shape index (κ1) is 16.7. The van der Waals surface area contributed by atoms with Gasteiger partial charge in [0.05, 0.1) is 6.04 Å². The number of ether oxygens (including phenoxy) is 1. The number of amides is 1. The molecule has 2 aromatic carbocycles. The molecule has 1 saturated heterocycles. The van der Waals surface area contributed by atoms with Gasteiger partial charge in [-0.2, -0.15) is 0 Å². The van der Waals surface area contributed by atoms with Crippen molar-refractivity contribution >= 4 is 16.8 Å². The summed E-state index contributed by atoms with van der Waals surface area (Å²) < 4.78 is 5.89. The lowest BCUT2D eigenvalue weighted by Crippen LogP contribution is -2.50. The van der Waals surface area contributed by atoms with Gasteiger partial charge in [0.1, 0.15) is 11.9 Å². The van der Waals surface area contributed by atoms with Crippen LogP contribution in [0.3, 0.4) is 0 Å². The van der Waals surface area contributed by atoms with E-state index in [1.54, 1.807) is 0 Å². The quantitative estimate of drug-likeness (QED) is 0.662. The molecule has 2 heterocycles. The van der Waals surface area contributed by atoms with E-state index in [1.807, 2.05) is 56.4 Å². The molecule has 1 amide bonds. The molecule has 3 aromatic rings. The van der Waals surface area contributed by atoms with Gasteiger partial charge in [0.2, 0.25) is 0 Å². The second kappa shape index (κ2) is 6.84. The number of carbonyl (C=O) groups is 1. The second-order valence-corrected chi connectivity index (χ2v) is 6.86. The number of aromatic amines is 1. The summed E-state index contributed by atoms with van der Waals surface area (Å²) >= 11 is 0. The topological polar surface area (TPSA) is 66.2 Å². The fraction of sp³-hybridized carbons (Fsp3) is 0.286. The van der Waals surface area contributed by atoms with Gasteiger partial charge in [-0.3, -0.25) is 4.79 Å². The summed E-state index contributed by atoms with van der Waals surface area (Å²) in [6, 6.07) is 13.7. The lowest BCUT2D eigenvalue weighted by Gasteiger charge is -2.28. The molecule has 1 aliphatic rings. The van der Waals surface area contributed by atoms with Crippen LogP contribution < -0.4 is 15.4 Å². The molecule has 1 fully saturated rings. The summed E-state index contributed by atoms with van der Waals surface area (Å²) in [6.45, 7) is 5.66. The summed E-state index contributed by atoms with van der Waals surface area (Å²) in [7, 11) is 0. The molecule has 5 heteroatoms. The number of nitrogens with one attached hydrogen (secondary N) is 3. The monoisotopic (exact) mass is 349 g/mol. The van der Waals surface area contributed by atoms with Gasteiger partial charge in [-0.05, 0) is 49.2 Å². The van der Waals surface area contributed by atoms with Gasteiger partial charge in [0.15, 0.2) is 0 Å². The lowest BCUT2D eigenvalue weighted by atomic mass is 10.0. The van der Waals surface area contributed by atoms with Crippen LogP contribution in [0, 0.1) is 6.92 Å². The summed E-state index contributed by atoms with van der Waals surface area (Å²) in [5, 5.41) is 7.43. The van der Waals surface area contributed by atoms with Crippen molar-refractivity contribution in [1.82, 2.24) is 15.6 Å². The Morgan fingerprint density at radius 2 is 2.08 bits per heavy atom. The molecule has 1 aromatic heterocycles. The van der Waals surface area contributed by atoms with Crippen molar-refractivity contribution in [2.75, 3.05) is 13.1 Å². The summed E-state index contributed by atoms with van der Waals surface area (Å²) in [6.07, 6.45) is 2.11. The highest BCUT2D eigenvalue weighted by Gasteiger charge is 2.20. The van der Waals surface area contributed by atoms with Crippen molar-refractivity contribution in [3.63, 3.8) is 0 Å². The van der Waals surface area contributed by atoms with Crippen LogP contribution in [0.25, 0.3) is 10.9 Å². The van der Waals surface area contributed by atoms with Crippen molar-refractivity contribution in [3.05, 3.63) is 65.4 Å². The van der Waals surface area contributed by atoms with Crippen LogP contribution >= 0.6 is 0 Å². The van der Waals surface area contributed by atoms with E-state index < -0.39 is 0 Å². The Morgan fingerprint density at radius 3 is 2.85 bits per heavy atom. The normalized spacial score (nSPS) is 15.5. The molecule has 0 bridgehead atoms. The number of aromatic nitrogens is 1. The minimum atomic E-state index is -0.0955. The highest BCUT2D eigenvalue weighted by atomic mass is 16.5. The average molecular weight is 349 g/mol. The molecule has 5 nitrogen and oxygen atoms in total. The molecule has 0 saturated carbocycles. The molecule has 26 heavy (non-hydrogen) atoms. The predicted octanol–water partition coefficient (Wildman–Crippen LogP) is 3.32. The Hall–Kier alpha value is -2.79. The van der Waals surface area contributed by atoms with Crippen LogP contribution in [0.5, 0.6) is 5.75 Å². The van der Waals surface area contributed by atoms with Crippen LogP contribution in [0.1, 0.15) is 34.5 Å². The molecular formula is C21H23N3O2. The van der Waals surface area contributed by atoms with Crippen molar-refractivity contribution in [2.24, 2.45) is 0 Å². The highest BCUT2D eigenvalue weighted by molar-refractivity contribution is 5.96. The van der Waals surface area contributed by atoms with Crippen LogP contribution in [-0.2, 0) is 0 Å². The van der Waals surface area contributed by atoms with E-state index in [2.05, 4.69) is 21.7 Å². The standard InChI is InChI=1S/C21H23N3O2/c1-13-6-7-15(26-16-11-22-12-16)10-19(13)21(25)24-14(2)17-4-3-5-20-18(17)8-9-23-20/h3-10,14,16,22-23H,11-12H2,1-2H3,(H,24,25). The van der Waals surface area contributed by atoms with Gasteiger partial charge in [0.25, 0.3) is 5.91 Å². The van der Waals surface area contributed by atoms with Crippen molar-refractivity contribution in [3.8, 4) is 5.75 Å². The summed E-state index contributed by atoms with van der Waals surface area (Å²) in [4.78, 5) is 16.1. The first-order valence-electron chi connectivity index (χ1n) is 8.96. The molecule has 0 aliphatic carbocycles. The van der Waals surface area contributed by atoms with Crippen molar-refractivity contribution in [2.45, 2.75) is 26.0 Å². The molecule has 0 spiro atoms. The number of benzene rings is 2. The molecule has 134 valence electrons. The maximum atomic E-state index is 12.9. The Labute approximate surface area is 152 Å². The minimum Gasteiger partial charge on any atom is -0.488 e.